The van der Waals surface area contributed by atoms with Crippen molar-refractivity contribution in [3.05, 3.63) is 102 Å². The summed E-state index contributed by atoms with van der Waals surface area (Å²) in [5, 5.41) is 0. The van der Waals surface area contributed by atoms with Gasteiger partial charge in [-0.25, -0.2) is 9.24 Å². The SMILES string of the molecule is CC/C(=C(\c1ccccc1)c1ccc(OCCN(C)P(=O)(O)OC)cc1)c1ccccc1. The van der Waals surface area contributed by atoms with Crippen molar-refractivity contribution in [2.75, 3.05) is 27.3 Å². The van der Waals surface area contributed by atoms with Crippen molar-refractivity contribution in [2.24, 2.45) is 0 Å². The molecule has 0 bridgehead atoms. The fraction of sp³-hybridized carbons (Fsp3) is 0.231. The highest BCUT2D eigenvalue weighted by molar-refractivity contribution is 7.50. The van der Waals surface area contributed by atoms with Crippen molar-refractivity contribution in [3.63, 3.8) is 0 Å². The molecule has 1 atom stereocenters. The van der Waals surface area contributed by atoms with Crippen LogP contribution in [-0.4, -0.2) is 36.9 Å². The summed E-state index contributed by atoms with van der Waals surface area (Å²) in [5.41, 5.74) is 5.98. The molecular formula is C26H30NO4P. The van der Waals surface area contributed by atoms with Crippen LogP contribution < -0.4 is 4.74 Å². The van der Waals surface area contributed by atoms with Crippen LogP contribution in [0.5, 0.6) is 5.75 Å². The predicted octanol–water partition coefficient (Wildman–Crippen LogP) is 6.11. The lowest BCUT2D eigenvalue weighted by atomic mass is 9.88. The van der Waals surface area contributed by atoms with E-state index in [9.17, 15) is 9.46 Å². The normalized spacial score (nSPS) is 14.0. The van der Waals surface area contributed by atoms with E-state index in [0.717, 1.165) is 12.0 Å². The third kappa shape index (κ3) is 5.96. The quantitative estimate of drug-likeness (QED) is 0.298. The topological polar surface area (TPSA) is 59.0 Å². The molecule has 5 nitrogen and oxygen atoms in total. The zero-order valence-electron chi connectivity index (χ0n) is 18.8. The minimum Gasteiger partial charge on any atom is -0.492 e. The minimum atomic E-state index is -3.74. The van der Waals surface area contributed by atoms with Gasteiger partial charge < -0.3 is 14.2 Å². The van der Waals surface area contributed by atoms with E-state index >= 15 is 0 Å². The first-order valence-electron chi connectivity index (χ1n) is 10.6. The van der Waals surface area contributed by atoms with E-state index in [1.54, 1.807) is 0 Å². The molecule has 3 aromatic carbocycles. The van der Waals surface area contributed by atoms with E-state index < -0.39 is 7.75 Å². The van der Waals surface area contributed by atoms with E-state index in [4.69, 9.17) is 4.74 Å². The molecule has 0 aliphatic heterocycles. The Hall–Kier alpha value is -2.69. The number of hydrogen-bond donors (Lipinski definition) is 1. The fourth-order valence-electron chi connectivity index (χ4n) is 3.56. The van der Waals surface area contributed by atoms with Crippen molar-refractivity contribution in [1.29, 1.82) is 0 Å². The van der Waals surface area contributed by atoms with Gasteiger partial charge in [0.25, 0.3) is 0 Å². The van der Waals surface area contributed by atoms with E-state index in [2.05, 4.69) is 72.1 Å². The van der Waals surface area contributed by atoms with Gasteiger partial charge in [0, 0.05) is 13.7 Å². The number of rotatable bonds is 10. The number of ether oxygens (including phenoxy) is 1. The minimum absolute atomic E-state index is 0.270. The average molecular weight is 452 g/mol. The Kier molecular flexibility index (Phi) is 8.43. The zero-order chi connectivity index (χ0) is 23.0. The van der Waals surface area contributed by atoms with Crippen LogP contribution >= 0.6 is 7.75 Å². The maximum absolute atomic E-state index is 11.8. The molecule has 168 valence electrons. The number of nitrogens with zero attached hydrogens (tertiary/aromatic N) is 1. The maximum atomic E-state index is 11.8. The average Bonchev–Trinajstić information content (AvgIpc) is 2.84. The van der Waals surface area contributed by atoms with E-state index in [-0.39, 0.29) is 13.2 Å². The molecule has 0 heterocycles. The molecule has 0 aromatic heterocycles. The Labute approximate surface area is 190 Å². The molecule has 1 unspecified atom stereocenters. The Morgan fingerprint density at radius 2 is 1.41 bits per heavy atom. The van der Waals surface area contributed by atoms with Gasteiger partial charge in [-0.3, -0.25) is 0 Å². The third-order valence-electron chi connectivity index (χ3n) is 5.34. The van der Waals surface area contributed by atoms with Gasteiger partial charge in [0.1, 0.15) is 12.4 Å². The molecule has 0 aliphatic rings. The number of allylic oxidation sites excluding steroid dienone is 1. The van der Waals surface area contributed by atoms with Gasteiger partial charge in [0.15, 0.2) is 0 Å². The smallest absolute Gasteiger partial charge is 0.405 e. The number of benzene rings is 3. The number of hydrogen-bond acceptors (Lipinski definition) is 3. The molecule has 0 fully saturated rings. The van der Waals surface area contributed by atoms with Crippen LogP contribution in [0.25, 0.3) is 11.1 Å². The molecule has 0 saturated heterocycles. The van der Waals surface area contributed by atoms with Crippen molar-refractivity contribution >= 4 is 18.9 Å². The molecule has 6 heteroatoms. The lowest BCUT2D eigenvalue weighted by Crippen LogP contribution is -2.22. The molecule has 0 spiro atoms. The van der Waals surface area contributed by atoms with Gasteiger partial charge in [0.05, 0.1) is 0 Å². The van der Waals surface area contributed by atoms with Gasteiger partial charge in [-0.05, 0) is 53.4 Å². The second-order valence-electron chi connectivity index (χ2n) is 7.37. The maximum Gasteiger partial charge on any atom is 0.405 e. The predicted molar refractivity (Wildman–Crippen MR) is 130 cm³/mol. The van der Waals surface area contributed by atoms with Crippen LogP contribution in [0.4, 0.5) is 0 Å². The highest BCUT2D eigenvalue weighted by Gasteiger charge is 2.23. The van der Waals surface area contributed by atoms with E-state index in [0.29, 0.717) is 5.75 Å². The molecule has 0 amide bonds. The molecule has 0 radical (unpaired) electrons. The monoisotopic (exact) mass is 451 g/mol. The largest absolute Gasteiger partial charge is 0.492 e. The van der Waals surface area contributed by atoms with E-state index in [1.165, 1.54) is 41.1 Å². The Bertz CT molecular complexity index is 1070. The summed E-state index contributed by atoms with van der Waals surface area (Å²) in [7, 11) is -0.989. The Balaban J connectivity index is 1.86. The first kappa shape index (κ1) is 24.0. The van der Waals surface area contributed by atoms with Crippen LogP contribution in [0, 0.1) is 0 Å². The number of likely N-dealkylation sites (N-methyl/N-ethyl adjacent to an activating group) is 1. The van der Waals surface area contributed by atoms with E-state index in [1.807, 2.05) is 24.3 Å². The van der Waals surface area contributed by atoms with Crippen LogP contribution in [0.2, 0.25) is 0 Å². The lowest BCUT2D eigenvalue weighted by molar-refractivity contribution is 0.225. The molecular weight excluding hydrogens is 421 g/mol. The Morgan fingerprint density at radius 3 is 1.94 bits per heavy atom. The molecule has 3 aromatic rings. The van der Waals surface area contributed by atoms with Crippen molar-refractivity contribution < 1.29 is 18.7 Å². The highest BCUT2D eigenvalue weighted by Crippen LogP contribution is 2.43. The van der Waals surface area contributed by atoms with Crippen molar-refractivity contribution in [3.8, 4) is 5.75 Å². The third-order valence-corrected chi connectivity index (χ3v) is 6.87. The molecule has 3 rings (SSSR count). The summed E-state index contributed by atoms with van der Waals surface area (Å²) in [6.45, 7) is 2.72. The molecule has 0 saturated carbocycles. The first-order valence-corrected chi connectivity index (χ1v) is 12.2. The Morgan fingerprint density at radius 1 is 0.875 bits per heavy atom. The summed E-state index contributed by atoms with van der Waals surface area (Å²) in [5.74, 6) is 0.706. The van der Waals surface area contributed by atoms with Crippen LogP contribution in [0.15, 0.2) is 84.9 Å². The fourth-order valence-corrected chi connectivity index (χ4v) is 4.18. The van der Waals surface area contributed by atoms with Gasteiger partial charge >= 0.3 is 7.75 Å². The van der Waals surface area contributed by atoms with Crippen LogP contribution in [0.3, 0.4) is 0 Å². The summed E-state index contributed by atoms with van der Waals surface area (Å²) in [6, 6.07) is 28.9. The first-order chi connectivity index (χ1) is 15.5. The van der Waals surface area contributed by atoms with Gasteiger partial charge in [-0.15, -0.1) is 0 Å². The summed E-state index contributed by atoms with van der Waals surface area (Å²) in [4.78, 5) is 9.66. The summed E-state index contributed by atoms with van der Waals surface area (Å²) in [6.07, 6.45) is 0.902. The molecule has 1 N–H and O–H groups in total. The molecule has 32 heavy (non-hydrogen) atoms. The second kappa shape index (κ2) is 11.3. The second-order valence-corrected chi connectivity index (χ2v) is 9.40. The van der Waals surface area contributed by atoms with Gasteiger partial charge in [-0.1, -0.05) is 79.7 Å². The molecule has 0 aliphatic carbocycles. The highest BCUT2D eigenvalue weighted by atomic mass is 31.2. The van der Waals surface area contributed by atoms with Crippen molar-refractivity contribution in [1.82, 2.24) is 4.67 Å². The van der Waals surface area contributed by atoms with Crippen molar-refractivity contribution in [2.45, 2.75) is 13.3 Å². The summed E-state index contributed by atoms with van der Waals surface area (Å²) < 4.78 is 23.5. The van der Waals surface area contributed by atoms with Gasteiger partial charge in [-0.2, -0.15) is 0 Å². The lowest BCUT2D eigenvalue weighted by Gasteiger charge is -2.20. The standard InChI is InChI=1S/C26H30NO4P/c1-4-25(21-11-7-5-8-12-21)26(22-13-9-6-10-14-22)23-15-17-24(18-16-23)31-20-19-27(2)32(28,29)30-3/h5-18H,4,19-20H2,1-3H3,(H,28,29)/b26-25-. The van der Waals surface area contributed by atoms with Crippen LogP contribution in [-0.2, 0) is 9.09 Å². The zero-order valence-corrected chi connectivity index (χ0v) is 19.7. The van der Waals surface area contributed by atoms with Gasteiger partial charge in [0.2, 0.25) is 0 Å². The van der Waals surface area contributed by atoms with Crippen LogP contribution in [0.1, 0.15) is 30.0 Å². The summed E-state index contributed by atoms with van der Waals surface area (Å²) >= 11 is 0.